The summed E-state index contributed by atoms with van der Waals surface area (Å²) in [7, 11) is 3.26. The Morgan fingerprint density at radius 2 is 2.27 bits per heavy atom. The number of nitrogens with zero attached hydrogens (tertiary/aromatic N) is 2. The van der Waals surface area contributed by atoms with E-state index in [2.05, 4.69) is 10.3 Å². The molecule has 0 atom stereocenters. The van der Waals surface area contributed by atoms with E-state index in [0.29, 0.717) is 16.7 Å². The van der Waals surface area contributed by atoms with Gasteiger partial charge in [-0.05, 0) is 12.1 Å². The predicted octanol–water partition coefficient (Wildman–Crippen LogP) is 3.56. The molecule has 0 radical (unpaired) electrons. The maximum Gasteiger partial charge on any atom is 0.323 e. The van der Waals surface area contributed by atoms with Gasteiger partial charge in [0, 0.05) is 12.4 Å². The van der Waals surface area contributed by atoms with Crippen LogP contribution in [0.2, 0.25) is 0 Å². The highest BCUT2D eigenvalue weighted by Crippen LogP contribution is 2.25. The molecule has 0 unspecified atom stereocenters. The van der Waals surface area contributed by atoms with Gasteiger partial charge in [0.25, 0.3) is 0 Å². The molecule has 1 aromatic carbocycles. The van der Waals surface area contributed by atoms with Crippen molar-refractivity contribution in [1.82, 2.24) is 9.88 Å². The van der Waals surface area contributed by atoms with Crippen LogP contribution in [0.3, 0.4) is 0 Å². The average molecular weight is 317 g/mol. The molecule has 3 aromatic rings. The van der Waals surface area contributed by atoms with Gasteiger partial charge in [-0.1, -0.05) is 29.5 Å². The first-order valence-corrected chi connectivity index (χ1v) is 7.47. The zero-order valence-electron chi connectivity index (χ0n) is 12.2. The van der Waals surface area contributed by atoms with E-state index in [1.807, 2.05) is 30.3 Å². The first-order chi connectivity index (χ1) is 10.7. The van der Waals surface area contributed by atoms with Crippen LogP contribution in [0.5, 0.6) is 5.06 Å². The SMILES string of the molecule is COc1cnc(NC(=O)N(C)Cc2cc3ccccc3o2)s1. The number of hydrogen-bond acceptors (Lipinski definition) is 5. The summed E-state index contributed by atoms with van der Waals surface area (Å²) in [6, 6.07) is 9.43. The second-order valence-electron chi connectivity index (χ2n) is 4.73. The topological polar surface area (TPSA) is 67.6 Å². The monoisotopic (exact) mass is 317 g/mol. The number of benzene rings is 1. The molecule has 7 heteroatoms. The summed E-state index contributed by atoms with van der Waals surface area (Å²) in [4.78, 5) is 17.7. The summed E-state index contributed by atoms with van der Waals surface area (Å²) in [5.41, 5.74) is 0.816. The summed E-state index contributed by atoms with van der Waals surface area (Å²) >= 11 is 1.27. The highest BCUT2D eigenvalue weighted by molar-refractivity contribution is 7.17. The highest BCUT2D eigenvalue weighted by Gasteiger charge is 2.14. The minimum atomic E-state index is -0.252. The molecule has 0 saturated carbocycles. The van der Waals surface area contributed by atoms with Gasteiger partial charge in [0.1, 0.15) is 11.3 Å². The zero-order chi connectivity index (χ0) is 15.5. The van der Waals surface area contributed by atoms with Gasteiger partial charge < -0.3 is 14.1 Å². The van der Waals surface area contributed by atoms with Crippen LogP contribution in [-0.2, 0) is 6.54 Å². The number of amides is 2. The molecule has 0 aliphatic carbocycles. The van der Waals surface area contributed by atoms with Crippen molar-refractivity contribution in [2.75, 3.05) is 19.5 Å². The fourth-order valence-electron chi connectivity index (χ4n) is 2.02. The van der Waals surface area contributed by atoms with E-state index in [-0.39, 0.29) is 6.03 Å². The van der Waals surface area contributed by atoms with Gasteiger partial charge in [0.05, 0.1) is 19.9 Å². The number of carbonyl (C=O) groups excluding carboxylic acids is 1. The normalized spacial score (nSPS) is 10.6. The van der Waals surface area contributed by atoms with Crippen molar-refractivity contribution in [3.05, 3.63) is 42.3 Å². The summed E-state index contributed by atoms with van der Waals surface area (Å²) in [6.07, 6.45) is 1.57. The van der Waals surface area contributed by atoms with E-state index >= 15 is 0 Å². The van der Waals surface area contributed by atoms with Gasteiger partial charge >= 0.3 is 6.03 Å². The highest BCUT2D eigenvalue weighted by atomic mass is 32.1. The number of methoxy groups -OCH3 is 1. The predicted molar refractivity (Wildman–Crippen MR) is 85.4 cm³/mol. The smallest absolute Gasteiger partial charge is 0.323 e. The minimum absolute atomic E-state index is 0.252. The van der Waals surface area contributed by atoms with Crippen LogP contribution in [0.25, 0.3) is 11.0 Å². The Kier molecular flexibility index (Phi) is 3.97. The second kappa shape index (κ2) is 6.07. The van der Waals surface area contributed by atoms with E-state index in [0.717, 1.165) is 16.7 Å². The van der Waals surface area contributed by atoms with Gasteiger partial charge in [-0.3, -0.25) is 5.32 Å². The molecule has 0 aliphatic heterocycles. The zero-order valence-corrected chi connectivity index (χ0v) is 13.0. The number of carbonyl (C=O) groups is 1. The van der Waals surface area contributed by atoms with E-state index in [4.69, 9.17) is 9.15 Å². The number of rotatable bonds is 4. The number of anilines is 1. The van der Waals surface area contributed by atoms with Crippen molar-refractivity contribution < 1.29 is 13.9 Å². The Hall–Kier alpha value is -2.54. The number of nitrogens with one attached hydrogen (secondary N) is 1. The largest absolute Gasteiger partial charge is 0.486 e. The number of ether oxygens (including phenoxy) is 1. The van der Waals surface area contributed by atoms with Crippen molar-refractivity contribution in [2.24, 2.45) is 0 Å². The van der Waals surface area contributed by atoms with Crippen LogP contribution in [0.4, 0.5) is 9.93 Å². The average Bonchev–Trinajstić information content (AvgIpc) is 3.12. The van der Waals surface area contributed by atoms with E-state index in [1.54, 1.807) is 20.4 Å². The maximum atomic E-state index is 12.1. The second-order valence-corrected chi connectivity index (χ2v) is 5.72. The van der Waals surface area contributed by atoms with E-state index < -0.39 is 0 Å². The summed E-state index contributed by atoms with van der Waals surface area (Å²) in [6.45, 7) is 0.378. The molecule has 6 nitrogen and oxygen atoms in total. The maximum absolute atomic E-state index is 12.1. The first kappa shape index (κ1) is 14.4. The lowest BCUT2D eigenvalue weighted by atomic mass is 10.2. The third-order valence-electron chi connectivity index (χ3n) is 3.12. The number of hydrogen-bond donors (Lipinski definition) is 1. The fraction of sp³-hybridized carbons (Fsp3) is 0.200. The standard InChI is InChI=1S/C15H15N3O3S/c1-18(15(19)17-14-16-8-13(20-2)22-14)9-11-7-10-5-3-4-6-12(10)21-11/h3-8H,9H2,1-2H3,(H,16,17,19). The molecular weight excluding hydrogens is 302 g/mol. The Labute approximate surface area is 131 Å². The van der Waals surface area contributed by atoms with Gasteiger partial charge in [-0.15, -0.1) is 0 Å². The molecule has 114 valence electrons. The van der Waals surface area contributed by atoms with Crippen molar-refractivity contribution in [3.63, 3.8) is 0 Å². The third kappa shape index (κ3) is 3.04. The van der Waals surface area contributed by atoms with Crippen molar-refractivity contribution >= 4 is 33.5 Å². The number of urea groups is 1. The fourth-order valence-corrected chi connectivity index (χ4v) is 2.64. The molecule has 1 N–H and O–H groups in total. The van der Waals surface area contributed by atoms with E-state index in [9.17, 15) is 4.79 Å². The van der Waals surface area contributed by atoms with Crippen LogP contribution in [0, 0.1) is 0 Å². The Morgan fingerprint density at radius 3 is 3.00 bits per heavy atom. The molecule has 0 aliphatic rings. The van der Waals surface area contributed by atoms with E-state index in [1.165, 1.54) is 16.2 Å². The Bertz CT molecular complexity index is 763. The minimum Gasteiger partial charge on any atom is -0.486 e. The quantitative estimate of drug-likeness (QED) is 0.799. The van der Waals surface area contributed by atoms with Crippen molar-refractivity contribution in [1.29, 1.82) is 0 Å². The molecule has 2 amide bonds. The Balaban J connectivity index is 1.65. The van der Waals surface area contributed by atoms with Crippen molar-refractivity contribution in [3.8, 4) is 5.06 Å². The number of thiazole rings is 1. The molecule has 2 aromatic heterocycles. The first-order valence-electron chi connectivity index (χ1n) is 6.65. The molecule has 0 fully saturated rings. The van der Waals surface area contributed by atoms with Crippen LogP contribution in [-0.4, -0.2) is 30.1 Å². The van der Waals surface area contributed by atoms with Crippen LogP contribution in [0.15, 0.2) is 40.9 Å². The molecule has 3 rings (SSSR count). The third-order valence-corrected chi connectivity index (χ3v) is 3.99. The number of furan rings is 1. The van der Waals surface area contributed by atoms with Crippen LogP contribution >= 0.6 is 11.3 Å². The van der Waals surface area contributed by atoms with Gasteiger partial charge in [0.15, 0.2) is 10.2 Å². The van der Waals surface area contributed by atoms with Gasteiger partial charge in [-0.2, -0.15) is 0 Å². The lowest BCUT2D eigenvalue weighted by Crippen LogP contribution is -2.30. The Morgan fingerprint density at radius 1 is 1.45 bits per heavy atom. The molecule has 0 saturated heterocycles. The summed E-state index contributed by atoms with van der Waals surface area (Å²) < 4.78 is 10.7. The van der Waals surface area contributed by atoms with Gasteiger partial charge in [-0.25, -0.2) is 9.78 Å². The molecule has 0 bridgehead atoms. The molecule has 2 heterocycles. The number of aromatic nitrogens is 1. The summed E-state index contributed by atoms with van der Waals surface area (Å²) in [5, 5.41) is 4.89. The number of para-hydroxylation sites is 1. The lowest BCUT2D eigenvalue weighted by molar-refractivity contribution is 0.217. The molecule has 22 heavy (non-hydrogen) atoms. The number of fused-ring (bicyclic) bond motifs is 1. The molecule has 0 spiro atoms. The lowest BCUT2D eigenvalue weighted by Gasteiger charge is -2.15. The molecular formula is C15H15N3O3S. The van der Waals surface area contributed by atoms with Crippen LogP contribution in [0.1, 0.15) is 5.76 Å². The van der Waals surface area contributed by atoms with Crippen molar-refractivity contribution in [2.45, 2.75) is 6.54 Å². The summed E-state index contributed by atoms with van der Waals surface area (Å²) in [5.74, 6) is 0.732. The van der Waals surface area contributed by atoms with Crippen LogP contribution < -0.4 is 10.1 Å². The van der Waals surface area contributed by atoms with Gasteiger partial charge in [0.2, 0.25) is 0 Å².